The number of rotatable bonds is 7. The number of ether oxygens (including phenoxy) is 2. The molecule has 0 N–H and O–H groups in total. The molecule has 0 bridgehead atoms. The number of hydrogen-bond acceptors (Lipinski definition) is 6. The fraction of sp³-hybridized carbons (Fsp3) is 0.231. The monoisotopic (exact) mass is 479 g/mol. The van der Waals surface area contributed by atoms with E-state index in [0.29, 0.717) is 24.3 Å². The maximum Gasteiger partial charge on any atom is 0.338 e. The van der Waals surface area contributed by atoms with E-state index in [4.69, 9.17) is 9.47 Å². The Bertz CT molecular complexity index is 1280. The van der Waals surface area contributed by atoms with Gasteiger partial charge in [-0.1, -0.05) is 60.7 Å². The number of esters is 1. The summed E-state index contributed by atoms with van der Waals surface area (Å²) < 4.78 is 37.6. The highest BCUT2D eigenvalue weighted by Crippen LogP contribution is 2.22. The van der Waals surface area contributed by atoms with Gasteiger partial charge in [0.15, 0.2) is 12.4 Å². The third-order valence-corrected chi connectivity index (χ3v) is 7.58. The Balaban J connectivity index is 1.43. The van der Waals surface area contributed by atoms with Crippen LogP contribution in [0.4, 0.5) is 0 Å². The Morgan fingerprint density at radius 3 is 2.24 bits per heavy atom. The Kier molecular flexibility index (Phi) is 7.21. The third-order valence-electron chi connectivity index (χ3n) is 5.69. The second-order valence-corrected chi connectivity index (χ2v) is 9.87. The molecular formula is C26H25NO6S. The van der Waals surface area contributed by atoms with Gasteiger partial charge in [-0.05, 0) is 35.7 Å². The molecule has 0 unspecified atom stereocenters. The molecule has 4 rings (SSSR count). The number of Topliss-reactive ketones (excluding diaryl/α,β-unsaturated/α-hetero) is 1. The summed E-state index contributed by atoms with van der Waals surface area (Å²) in [4.78, 5) is 25.3. The Labute approximate surface area is 199 Å². The van der Waals surface area contributed by atoms with E-state index in [9.17, 15) is 18.0 Å². The smallest absolute Gasteiger partial charge is 0.338 e. The van der Waals surface area contributed by atoms with Crippen LogP contribution in [0.1, 0.15) is 26.3 Å². The minimum atomic E-state index is -3.76. The van der Waals surface area contributed by atoms with Gasteiger partial charge in [-0.25, -0.2) is 13.2 Å². The normalized spacial score (nSPS) is 14.5. The maximum atomic E-state index is 12.9. The fourth-order valence-electron chi connectivity index (χ4n) is 3.69. The summed E-state index contributed by atoms with van der Waals surface area (Å²) in [5.74, 6) is -1.09. The number of aryl methyl sites for hydroxylation is 1. The van der Waals surface area contributed by atoms with Gasteiger partial charge in [0.1, 0.15) is 0 Å². The van der Waals surface area contributed by atoms with Crippen molar-refractivity contribution in [3.63, 3.8) is 0 Å². The first-order valence-electron chi connectivity index (χ1n) is 10.9. The average Bonchev–Trinajstić information content (AvgIpc) is 2.88. The molecule has 1 heterocycles. The van der Waals surface area contributed by atoms with Crippen LogP contribution in [0.15, 0.2) is 77.7 Å². The lowest BCUT2D eigenvalue weighted by Gasteiger charge is -2.26. The molecular weight excluding hydrogens is 454 g/mol. The average molecular weight is 480 g/mol. The summed E-state index contributed by atoms with van der Waals surface area (Å²) in [6.45, 7) is 2.42. The molecule has 1 aliphatic rings. The summed E-state index contributed by atoms with van der Waals surface area (Å²) >= 11 is 0. The van der Waals surface area contributed by atoms with Crippen LogP contribution in [0.25, 0.3) is 11.1 Å². The van der Waals surface area contributed by atoms with Crippen LogP contribution in [0.2, 0.25) is 0 Å². The molecule has 7 nitrogen and oxygen atoms in total. The first-order chi connectivity index (χ1) is 16.4. The van der Waals surface area contributed by atoms with Crippen LogP contribution < -0.4 is 0 Å². The quantitative estimate of drug-likeness (QED) is 0.379. The summed E-state index contributed by atoms with van der Waals surface area (Å²) in [7, 11) is -3.76. The fourth-order valence-corrected chi connectivity index (χ4v) is 5.12. The maximum absolute atomic E-state index is 12.9. The Morgan fingerprint density at radius 1 is 0.912 bits per heavy atom. The molecule has 1 aliphatic heterocycles. The molecule has 0 aliphatic carbocycles. The minimum Gasteiger partial charge on any atom is -0.454 e. The van der Waals surface area contributed by atoms with Gasteiger partial charge >= 0.3 is 5.97 Å². The number of ketones is 1. The molecule has 176 valence electrons. The van der Waals surface area contributed by atoms with Gasteiger partial charge in [0, 0.05) is 18.7 Å². The first-order valence-corrected chi connectivity index (χ1v) is 12.3. The number of carbonyl (C=O) groups is 2. The number of morpholine rings is 1. The lowest BCUT2D eigenvalue weighted by atomic mass is 10.0. The Morgan fingerprint density at radius 2 is 1.56 bits per heavy atom. The summed E-state index contributed by atoms with van der Waals surface area (Å²) in [5.41, 5.74) is 3.11. The van der Waals surface area contributed by atoms with E-state index >= 15 is 0 Å². The van der Waals surface area contributed by atoms with Crippen molar-refractivity contribution < 1.29 is 27.5 Å². The second-order valence-electron chi connectivity index (χ2n) is 7.94. The zero-order chi connectivity index (χ0) is 24.1. The topological polar surface area (TPSA) is 90.0 Å². The zero-order valence-electron chi connectivity index (χ0n) is 18.8. The molecule has 34 heavy (non-hydrogen) atoms. The van der Waals surface area contributed by atoms with Crippen molar-refractivity contribution in [3.8, 4) is 11.1 Å². The summed E-state index contributed by atoms with van der Waals surface area (Å²) in [5, 5.41) is 0. The van der Waals surface area contributed by atoms with Crippen LogP contribution in [-0.4, -0.2) is 57.4 Å². The third kappa shape index (κ3) is 5.25. The van der Waals surface area contributed by atoms with E-state index in [1.807, 2.05) is 42.5 Å². The van der Waals surface area contributed by atoms with Crippen LogP contribution in [0.3, 0.4) is 0 Å². The van der Waals surface area contributed by atoms with Crippen molar-refractivity contribution in [2.24, 2.45) is 0 Å². The summed E-state index contributed by atoms with van der Waals surface area (Å²) in [6.07, 6.45) is 0. The van der Waals surface area contributed by atoms with Gasteiger partial charge in [0.2, 0.25) is 10.0 Å². The van der Waals surface area contributed by atoms with Crippen LogP contribution in [-0.2, 0) is 19.5 Å². The molecule has 1 saturated heterocycles. The van der Waals surface area contributed by atoms with Crippen molar-refractivity contribution in [2.75, 3.05) is 32.9 Å². The van der Waals surface area contributed by atoms with E-state index in [1.54, 1.807) is 25.1 Å². The molecule has 3 aromatic carbocycles. The van der Waals surface area contributed by atoms with Crippen LogP contribution in [0.5, 0.6) is 0 Å². The predicted octanol–water partition coefficient (Wildman–Crippen LogP) is 3.72. The highest BCUT2D eigenvalue weighted by Gasteiger charge is 2.27. The largest absolute Gasteiger partial charge is 0.454 e. The molecule has 0 amide bonds. The highest BCUT2D eigenvalue weighted by atomic mass is 32.2. The molecule has 0 radical (unpaired) electrons. The van der Waals surface area contributed by atoms with Crippen molar-refractivity contribution >= 4 is 21.8 Å². The molecule has 0 saturated carbocycles. The van der Waals surface area contributed by atoms with Crippen LogP contribution in [0, 0.1) is 6.92 Å². The van der Waals surface area contributed by atoms with E-state index in [2.05, 4.69) is 0 Å². The molecule has 0 atom stereocenters. The molecule has 1 fully saturated rings. The van der Waals surface area contributed by atoms with Gasteiger partial charge < -0.3 is 9.47 Å². The lowest BCUT2D eigenvalue weighted by molar-refractivity contribution is 0.0473. The number of nitrogens with zero attached hydrogens (tertiary/aromatic N) is 1. The molecule has 0 spiro atoms. The Hall–Kier alpha value is -3.33. The van der Waals surface area contributed by atoms with Crippen molar-refractivity contribution in [2.45, 2.75) is 11.8 Å². The second kappa shape index (κ2) is 10.3. The van der Waals surface area contributed by atoms with Gasteiger partial charge in [-0.15, -0.1) is 0 Å². The van der Waals surface area contributed by atoms with E-state index in [-0.39, 0.29) is 29.3 Å². The molecule has 0 aromatic heterocycles. The van der Waals surface area contributed by atoms with Gasteiger partial charge in [-0.2, -0.15) is 4.31 Å². The standard InChI is InChI=1S/C26H25NO6S/c1-19-7-12-23(34(30,31)27-13-15-32-16-14-27)17-24(19)26(29)33-18-25(28)22-10-8-21(9-11-22)20-5-3-2-4-6-20/h2-12,17H,13-16,18H2,1H3. The van der Waals surface area contributed by atoms with Gasteiger partial charge in [0.05, 0.1) is 23.7 Å². The predicted molar refractivity (Wildman–Crippen MR) is 127 cm³/mol. The van der Waals surface area contributed by atoms with E-state index in [1.165, 1.54) is 16.4 Å². The zero-order valence-corrected chi connectivity index (χ0v) is 19.6. The van der Waals surface area contributed by atoms with Crippen LogP contribution >= 0.6 is 0 Å². The number of sulfonamides is 1. The van der Waals surface area contributed by atoms with Crippen molar-refractivity contribution in [3.05, 3.63) is 89.5 Å². The lowest BCUT2D eigenvalue weighted by Crippen LogP contribution is -2.40. The van der Waals surface area contributed by atoms with E-state index in [0.717, 1.165) is 11.1 Å². The van der Waals surface area contributed by atoms with Crippen molar-refractivity contribution in [1.82, 2.24) is 4.31 Å². The first kappa shape index (κ1) is 23.8. The number of hydrogen-bond donors (Lipinski definition) is 0. The molecule has 8 heteroatoms. The molecule has 3 aromatic rings. The van der Waals surface area contributed by atoms with E-state index < -0.39 is 22.6 Å². The summed E-state index contributed by atoms with van der Waals surface area (Å²) in [6, 6.07) is 21.2. The SMILES string of the molecule is Cc1ccc(S(=O)(=O)N2CCOCC2)cc1C(=O)OCC(=O)c1ccc(-c2ccccc2)cc1. The minimum absolute atomic E-state index is 0.00905. The van der Waals surface area contributed by atoms with Gasteiger partial charge in [-0.3, -0.25) is 4.79 Å². The van der Waals surface area contributed by atoms with Gasteiger partial charge in [0.25, 0.3) is 0 Å². The highest BCUT2D eigenvalue weighted by molar-refractivity contribution is 7.89. The number of benzene rings is 3. The van der Waals surface area contributed by atoms with Crippen molar-refractivity contribution in [1.29, 1.82) is 0 Å². The number of carbonyl (C=O) groups excluding carboxylic acids is 2.